The summed E-state index contributed by atoms with van der Waals surface area (Å²) < 4.78 is 36.2. The Morgan fingerprint density at radius 3 is 2.18 bits per heavy atom. The molecule has 0 bridgehead atoms. The summed E-state index contributed by atoms with van der Waals surface area (Å²) in [6, 6.07) is 18.5. The van der Waals surface area contributed by atoms with E-state index in [0.717, 1.165) is 4.31 Å². The highest BCUT2D eigenvalue weighted by Crippen LogP contribution is 2.28. The van der Waals surface area contributed by atoms with Gasteiger partial charge in [-0.15, -0.1) is 0 Å². The standard InChI is InChI=1S/C24H23ClN2O6S/c1-27(2)34(30,31)19-12-9-17(10-13-19)24(29)33-22(16-7-5-4-6-8-16)23(28)26-18-11-14-21(32-3)20(25)15-18/h4-15,22H,1-3H3,(H,26,28)/t22-/m0/s1. The topological polar surface area (TPSA) is 102 Å². The molecular formula is C24H23ClN2O6S. The Labute approximate surface area is 203 Å². The maximum absolute atomic E-state index is 13.1. The van der Waals surface area contributed by atoms with E-state index in [4.69, 9.17) is 21.1 Å². The number of nitrogens with zero attached hydrogens (tertiary/aromatic N) is 1. The van der Waals surface area contributed by atoms with E-state index < -0.39 is 28.0 Å². The maximum Gasteiger partial charge on any atom is 0.339 e. The molecule has 0 aromatic heterocycles. The normalized spacial score (nSPS) is 12.1. The molecule has 3 aromatic rings. The summed E-state index contributed by atoms with van der Waals surface area (Å²) >= 11 is 6.13. The van der Waals surface area contributed by atoms with Crippen molar-refractivity contribution in [3.8, 4) is 5.75 Å². The number of methoxy groups -OCH3 is 1. The van der Waals surface area contributed by atoms with Crippen LogP contribution in [0.25, 0.3) is 0 Å². The van der Waals surface area contributed by atoms with Gasteiger partial charge in [0.05, 0.1) is 22.6 Å². The maximum atomic E-state index is 13.1. The lowest BCUT2D eigenvalue weighted by Crippen LogP contribution is -2.26. The number of sulfonamides is 1. The number of carbonyl (C=O) groups is 2. The summed E-state index contributed by atoms with van der Waals surface area (Å²) in [5.74, 6) is -0.927. The third kappa shape index (κ3) is 5.74. The SMILES string of the molecule is COc1ccc(NC(=O)[C@@H](OC(=O)c2ccc(S(=O)(=O)N(C)C)cc2)c2ccccc2)cc1Cl. The second-order valence-corrected chi connectivity index (χ2v) is 9.91. The average molecular weight is 503 g/mol. The lowest BCUT2D eigenvalue weighted by atomic mass is 10.1. The molecule has 0 aliphatic heterocycles. The van der Waals surface area contributed by atoms with Crippen LogP contribution in [-0.2, 0) is 19.6 Å². The number of nitrogens with one attached hydrogen (secondary N) is 1. The van der Waals surface area contributed by atoms with Gasteiger partial charge < -0.3 is 14.8 Å². The Bertz CT molecular complexity index is 1280. The molecule has 0 saturated heterocycles. The number of ether oxygens (including phenoxy) is 2. The Balaban J connectivity index is 1.83. The van der Waals surface area contributed by atoms with Crippen molar-refractivity contribution in [2.75, 3.05) is 26.5 Å². The van der Waals surface area contributed by atoms with Crippen molar-refractivity contribution in [1.82, 2.24) is 4.31 Å². The van der Waals surface area contributed by atoms with E-state index in [1.54, 1.807) is 42.5 Å². The van der Waals surface area contributed by atoms with E-state index in [2.05, 4.69) is 5.32 Å². The number of rotatable bonds is 8. The minimum Gasteiger partial charge on any atom is -0.495 e. The van der Waals surface area contributed by atoms with Crippen molar-refractivity contribution in [3.63, 3.8) is 0 Å². The largest absolute Gasteiger partial charge is 0.495 e. The quantitative estimate of drug-likeness (QED) is 0.464. The highest BCUT2D eigenvalue weighted by atomic mass is 35.5. The fraction of sp³-hybridized carbons (Fsp3) is 0.167. The molecule has 34 heavy (non-hydrogen) atoms. The molecule has 0 heterocycles. The van der Waals surface area contributed by atoms with E-state index in [0.29, 0.717) is 22.0 Å². The van der Waals surface area contributed by atoms with Gasteiger partial charge in [-0.2, -0.15) is 0 Å². The fourth-order valence-corrected chi connectivity index (χ4v) is 4.16. The lowest BCUT2D eigenvalue weighted by Gasteiger charge is -2.19. The van der Waals surface area contributed by atoms with Crippen LogP contribution in [0.2, 0.25) is 5.02 Å². The molecule has 0 aliphatic rings. The van der Waals surface area contributed by atoms with E-state index >= 15 is 0 Å². The number of halogens is 1. The summed E-state index contributed by atoms with van der Waals surface area (Å²) in [7, 11) is 0.661. The number of hydrogen-bond acceptors (Lipinski definition) is 6. The van der Waals surface area contributed by atoms with E-state index in [1.165, 1.54) is 51.5 Å². The Morgan fingerprint density at radius 1 is 0.971 bits per heavy atom. The van der Waals surface area contributed by atoms with Crippen LogP contribution in [0.3, 0.4) is 0 Å². The predicted octanol–water partition coefficient (Wildman–Crippen LogP) is 4.14. The Morgan fingerprint density at radius 2 is 1.62 bits per heavy atom. The first kappa shape index (κ1) is 25.2. The highest BCUT2D eigenvalue weighted by Gasteiger charge is 2.26. The van der Waals surface area contributed by atoms with Crippen molar-refractivity contribution in [2.24, 2.45) is 0 Å². The van der Waals surface area contributed by atoms with Gasteiger partial charge >= 0.3 is 5.97 Å². The molecule has 178 valence electrons. The van der Waals surface area contributed by atoms with Crippen LogP contribution in [-0.4, -0.2) is 45.8 Å². The van der Waals surface area contributed by atoms with Gasteiger partial charge in [-0.25, -0.2) is 17.5 Å². The van der Waals surface area contributed by atoms with Gasteiger partial charge in [0.15, 0.2) is 0 Å². The zero-order chi connectivity index (χ0) is 24.9. The minimum absolute atomic E-state index is 0.0304. The van der Waals surface area contributed by atoms with Crippen molar-refractivity contribution in [3.05, 3.63) is 88.9 Å². The number of benzene rings is 3. The predicted molar refractivity (Wildman–Crippen MR) is 129 cm³/mol. The zero-order valence-electron chi connectivity index (χ0n) is 18.7. The van der Waals surface area contributed by atoms with Gasteiger partial charge in [-0.1, -0.05) is 41.9 Å². The summed E-state index contributed by atoms with van der Waals surface area (Å²) in [5, 5.41) is 3.00. The first-order valence-electron chi connectivity index (χ1n) is 10.1. The average Bonchev–Trinajstić information content (AvgIpc) is 2.83. The van der Waals surface area contributed by atoms with Crippen LogP contribution < -0.4 is 10.1 Å². The Kier molecular flexibility index (Phi) is 7.93. The van der Waals surface area contributed by atoms with Crippen LogP contribution >= 0.6 is 11.6 Å². The molecule has 8 nitrogen and oxygen atoms in total. The smallest absolute Gasteiger partial charge is 0.339 e. The van der Waals surface area contributed by atoms with Crippen LogP contribution in [0.1, 0.15) is 22.0 Å². The summed E-state index contributed by atoms with van der Waals surface area (Å²) in [6.45, 7) is 0. The van der Waals surface area contributed by atoms with E-state index in [1.807, 2.05) is 0 Å². The van der Waals surface area contributed by atoms with Crippen LogP contribution in [0.4, 0.5) is 5.69 Å². The molecule has 0 spiro atoms. The van der Waals surface area contributed by atoms with E-state index in [-0.39, 0.29) is 10.5 Å². The second-order valence-electron chi connectivity index (χ2n) is 7.35. The molecule has 0 unspecified atom stereocenters. The molecule has 0 aliphatic carbocycles. The summed E-state index contributed by atoms with van der Waals surface area (Å²) in [6.07, 6.45) is -1.26. The first-order valence-corrected chi connectivity index (χ1v) is 11.9. The third-order valence-corrected chi connectivity index (χ3v) is 6.98. The number of amides is 1. The zero-order valence-corrected chi connectivity index (χ0v) is 20.3. The van der Waals surface area contributed by atoms with Gasteiger partial charge in [-0.3, -0.25) is 4.79 Å². The van der Waals surface area contributed by atoms with Gasteiger partial charge in [0.2, 0.25) is 16.1 Å². The minimum atomic E-state index is -3.64. The van der Waals surface area contributed by atoms with Crippen molar-refractivity contribution in [1.29, 1.82) is 0 Å². The molecule has 3 rings (SSSR count). The summed E-state index contributed by atoms with van der Waals surface area (Å²) in [4.78, 5) is 25.9. The van der Waals surface area contributed by atoms with Crippen molar-refractivity contribution >= 4 is 39.2 Å². The van der Waals surface area contributed by atoms with Crippen LogP contribution in [0.15, 0.2) is 77.7 Å². The van der Waals surface area contributed by atoms with Gasteiger partial charge in [0.1, 0.15) is 5.75 Å². The number of anilines is 1. The Hall–Kier alpha value is -3.40. The third-order valence-electron chi connectivity index (χ3n) is 4.85. The van der Waals surface area contributed by atoms with Crippen molar-refractivity contribution in [2.45, 2.75) is 11.0 Å². The molecule has 0 saturated carbocycles. The highest BCUT2D eigenvalue weighted by molar-refractivity contribution is 7.89. The molecular weight excluding hydrogens is 480 g/mol. The number of esters is 1. The van der Waals surface area contributed by atoms with Crippen LogP contribution in [0.5, 0.6) is 5.75 Å². The van der Waals surface area contributed by atoms with Gasteiger partial charge in [-0.05, 0) is 42.5 Å². The number of hydrogen-bond donors (Lipinski definition) is 1. The first-order chi connectivity index (χ1) is 16.1. The van der Waals surface area contributed by atoms with Crippen molar-refractivity contribution < 1.29 is 27.5 Å². The lowest BCUT2D eigenvalue weighted by molar-refractivity contribution is -0.125. The molecule has 0 radical (unpaired) electrons. The van der Waals surface area contributed by atoms with Gasteiger partial charge in [0.25, 0.3) is 5.91 Å². The summed E-state index contributed by atoms with van der Waals surface area (Å²) in [5.41, 5.74) is 0.949. The van der Waals surface area contributed by atoms with Crippen LogP contribution in [0, 0.1) is 0 Å². The fourth-order valence-electron chi connectivity index (χ4n) is 3.00. The monoisotopic (exact) mass is 502 g/mol. The van der Waals surface area contributed by atoms with Gasteiger partial charge in [0, 0.05) is 25.3 Å². The molecule has 3 aromatic carbocycles. The van der Waals surface area contributed by atoms with E-state index in [9.17, 15) is 18.0 Å². The second kappa shape index (κ2) is 10.7. The molecule has 1 N–H and O–H groups in total. The molecule has 10 heteroatoms. The molecule has 0 fully saturated rings. The number of carbonyl (C=O) groups excluding carboxylic acids is 2. The molecule has 1 atom stereocenters. The molecule has 1 amide bonds.